The van der Waals surface area contributed by atoms with Crippen molar-refractivity contribution in [1.29, 1.82) is 0 Å². The van der Waals surface area contributed by atoms with Gasteiger partial charge in [0.15, 0.2) is 0 Å². The van der Waals surface area contributed by atoms with E-state index in [1.807, 2.05) is 14.1 Å². The second-order valence-electron chi connectivity index (χ2n) is 5.45. The zero-order valence-electron chi connectivity index (χ0n) is 11.7. The van der Waals surface area contributed by atoms with Gasteiger partial charge in [0.05, 0.1) is 24.9 Å². The van der Waals surface area contributed by atoms with Crippen LogP contribution in [-0.4, -0.2) is 49.0 Å². The second kappa shape index (κ2) is 8.06. The van der Waals surface area contributed by atoms with E-state index in [1.165, 1.54) is 38.5 Å². The Kier molecular flexibility index (Phi) is 7.09. The Morgan fingerprint density at radius 1 is 1.12 bits per heavy atom. The maximum absolute atomic E-state index is 10.1. The number of likely N-dealkylation sites (N-methyl/N-ethyl adjacent to an activating group) is 1. The quantitative estimate of drug-likeness (QED) is 0.665. The molecule has 1 aliphatic rings. The molecule has 102 valence electrons. The van der Waals surface area contributed by atoms with E-state index < -0.39 is 0 Å². The Morgan fingerprint density at radius 3 is 2.35 bits per heavy atom. The highest BCUT2D eigenvalue weighted by Crippen LogP contribution is 2.22. The molecule has 0 aromatic rings. The molecular formula is C14H29NO2. The lowest BCUT2D eigenvalue weighted by molar-refractivity contribution is 0.0297. The highest BCUT2D eigenvalue weighted by Gasteiger charge is 2.36. The number of ether oxygens (including phenoxy) is 1. The van der Waals surface area contributed by atoms with E-state index in [-0.39, 0.29) is 18.2 Å². The van der Waals surface area contributed by atoms with E-state index in [0.29, 0.717) is 6.61 Å². The Morgan fingerprint density at radius 2 is 1.76 bits per heavy atom. The normalized spacial score (nSPS) is 29.1. The minimum atomic E-state index is -0.305. The van der Waals surface area contributed by atoms with Gasteiger partial charge in [0, 0.05) is 0 Å². The highest BCUT2D eigenvalue weighted by molar-refractivity contribution is 4.88. The van der Waals surface area contributed by atoms with Crippen LogP contribution in [0.2, 0.25) is 0 Å². The van der Waals surface area contributed by atoms with E-state index in [2.05, 4.69) is 11.8 Å². The summed E-state index contributed by atoms with van der Waals surface area (Å²) in [4.78, 5) is 2.06. The van der Waals surface area contributed by atoms with E-state index in [0.717, 1.165) is 6.42 Å². The second-order valence-corrected chi connectivity index (χ2v) is 5.45. The number of rotatable bonds is 8. The van der Waals surface area contributed by atoms with Gasteiger partial charge in [0.1, 0.15) is 0 Å². The van der Waals surface area contributed by atoms with Gasteiger partial charge in [0.25, 0.3) is 0 Å². The summed E-state index contributed by atoms with van der Waals surface area (Å²) >= 11 is 0. The molecule has 1 rings (SSSR count). The van der Waals surface area contributed by atoms with Gasteiger partial charge < -0.3 is 14.7 Å². The van der Waals surface area contributed by atoms with Gasteiger partial charge in [-0.15, -0.1) is 0 Å². The molecule has 1 heterocycles. The predicted octanol–water partition coefficient (Wildman–Crippen LogP) is 2.43. The van der Waals surface area contributed by atoms with Crippen LogP contribution in [0.25, 0.3) is 0 Å². The van der Waals surface area contributed by atoms with E-state index in [9.17, 15) is 5.11 Å². The summed E-state index contributed by atoms with van der Waals surface area (Å²) in [5.41, 5.74) is 0. The van der Waals surface area contributed by atoms with Crippen molar-refractivity contribution in [1.82, 2.24) is 4.90 Å². The molecule has 0 bridgehead atoms. The third-order valence-electron chi connectivity index (χ3n) is 3.76. The first-order valence-electron chi connectivity index (χ1n) is 7.13. The van der Waals surface area contributed by atoms with Crippen molar-refractivity contribution >= 4 is 0 Å². The summed E-state index contributed by atoms with van der Waals surface area (Å²) in [6, 6.07) is 0.181. The molecule has 3 atom stereocenters. The van der Waals surface area contributed by atoms with Gasteiger partial charge in [-0.05, 0) is 20.5 Å². The standard InChI is InChI=1S/C14H29NO2/c1-4-5-6-7-8-9-10-13-14(16)12(11-17-13)15(2)3/h12-14,16H,4-11H2,1-3H3/t12-,13-,14-/m0/s1. The molecule has 1 saturated heterocycles. The molecule has 0 unspecified atom stereocenters. The van der Waals surface area contributed by atoms with Crippen LogP contribution in [0, 0.1) is 0 Å². The van der Waals surface area contributed by atoms with E-state index in [1.54, 1.807) is 0 Å². The van der Waals surface area contributed by atoms with Crippen molar-refractivity contribution in [2.75, 3.05) is 20.7 Å². The third-order valence-corrected chi connectivity index (χ3v) is 3.76. The first kappa shape index (κ1) is 14.9. The van der Waals surface area contributed by atoms with Gasteiger partial charge in [-0.2, -0.15) is 0 Å². The van der Waals surface area contributed by atoms with Crippen molar-refractivity contribution in [2.45, 2.75) is 70.1 Å². The minimum absolute atomic E-state index is 0.0635. The summed E-state index contributed by atoms with van der Waals surface area (Å²) in [6.45, 7) is 2.92. The number of aliphatic hydroxyl groups is 1. The lowest BCUT2D eigenvalue weighted by Gasteiger charge is -2.22. The molecule has 17 heavy (non-hydrogen) atoms. The zero-order chi connectivity index (χ0) is 12.7. The fraction of sp³-hybridized carbons (Fsp3) is 1.00. The number of nitrogens with zero attached hydrogens (tertiary/aromatic N) is 1. The summed E-state index contributed by atoms with van der Waals surface area (Å²) < 4.78 is 5.68. The van der Waals surface area contributed by atoms with Crippen molar-refractivity contribution in [3.63, 3.8) is 0 Å². The average Bonchev–Trinajstić information content (AvgIpc) is 2.65. The Labute approximate surface area is 106 Å². The summed E-state index contributed by atoms with van der Waals surface area (Å²) in [7, 11) is 4.01. The molecule has 3 nitrogen and oxygen atoms in total. The van der Waals surface area contributed by atoms with E-state index in [4.69, 9.17) is 4.74 Å². The Bertz CT molecular complexity index is 197. The first-order valence-corrected chi connectivity index (χ1v) is 7.13. The van der Waals surface area contributed by atoms with Gasteiger partial charge in [-0.25, -0.2) is 0 Å². The molecule has 0 aromatic carbocycles. The topological polar surface area (TPSA) is 32.7 Å². The van der Waals surface area contributed by atoms with Gasteiger partial charge in [-0.1, -0.05) is 45.4 Å². The van der Waals surface area contributed by atoms with Crippen LogP contribution in [0.4, 0.5) is 0 Å². The van der Waals surface area contributed by atoms with Crippen LogP contribution in [0.5, 0.6) is 0 Å². The third kappa shape index (κ3) is 4.94. The Hall–Kier alpha value is -0.120. The zero-order valence-corrected chi connectivity index (χ0v) is 11.7. The molecule has 3 heteroatoms. The van der Waals surface area contributed by atoms with E-state index >= 15 is 0 Å². The van der Waals surface area contributed by atoms with Crippen LogP contribution >= 0.6 is 0 Å². The van der Waals surface area contributed by atoms with Gasteiger partial charge in [-0.3, -0.25) is 0 Å². The van der Waals surface area contributed by atoms with Crippen LogP contribution in [0.3, 0.4) is 0 Å². The molecule has 0 spiro atoms. The van der Waals surface area contributed by atoms with Crippen molar-refractivity contribution in [3.05, 3.63) is 0 Å². The predicted molar refractivity (Wildman–Crippen MR) is 71.2 cm³/mol. The molecular weight excluding hydrogens is 214 g/mol. The molecule has 0 aliphatic carbocycles. The van der Waals surface area contributed by atoms with Crippen molar-refractivity contribution in [2.24, 2.45) is 0 Å². The summed E-state index contributed by atoms with van der Waals surface area (Å²) in [5.74, 6) is 0. The summed E-state index contributed by atoms with van der Waals surface area (Å²) in [5, 5.41) is 10.1. The molecule has 0 saturated carbocycles. The van der Waals surface area contributed by atoms with Crippen molar-refractivity contribution in [3.8, 4) is 0 Å². The van der Waals surface area contributed by atoms with Crippen LogP contribution in [0.1, 0.15) is 51.9 Å². The average molecular weight is 243 g/mol. The number of unbranched alkanes of at least 4 members (excludes halogenated alkanes) is 5. The van der Waals surface area contributed by atoms with Crippen LogP contribution < -0.4 is 0 Å². The number of aliphatic hydroxyl groups excluding tert-OH is 1. The molecule has 1 fully saturated rings. The number of hydrogen-bond donors (Lipinski definition) is 1. The fourth-order valence-electron chi connectivity index (χ4n) is 2.50. The maximum Gasteiger partial charge on any atom is 0.0978 e. The van der Waals surface area contributed by atoms with Gasteiger partial charge >= 0.3 is 0 Å². The molecule has 0 radical (unpaired) electrons. The van der Waals surface area contributed by atoms with Crippen molar-refractivity contribution < 1.29 is 9.84 Å². The lowest BCUT2D eigenvalue weighted by atomic mass is 10.0. The monoisotopic (exact) mass is 243 g/mol. The molecule has 1 aliphatic heterocycles. The van der Waals surface area contributed by atoms with Gasteiger partial charge in [0.2, 0.25) is 0 Å². The molecule has 1 N–H and O–H groups in total. The Balaban J connectivity index is 2.08. The van der Waals surface area contributed by atoms with Crippen LogP contribution in [0.15, 0.2) is 0 Å². The number of hydrogen-bond acceptors (Lipinski definition) is 3. The highest BCUT2D eigenvalue weighted by atomic mass is 16.5. The minimum Gasteiger partial charge on any atom is -0.389 e. The lowest BCUT2D eigenvalue weighted by Crippen LogP contribution is -2.40. The maximum atomic E-state index is 10.1. The first-order chi connectivity index (χ1) is 8.16. The fourth-order valence-corrected chi connectivity index (χ4v) is 2.50. The molecule has 0 amide bonds. The smallest absolute Gasteiger partial charge is 0.0978 e. The summed E-state index contributed by atoms with van der Waals surface area (Å²) in [6.07, 6.45) is 8.57. The molecule has 0 aromatic heterocycles. The largest absolute Gasteiger partial charge is 0.389 e. The van der Waals surface area contributed by atoms with Crippen LogP contribution in [-0.2, 0) is 4.74 Å². The SMILES string of the molecule is CCCCCCCC[C@@H]1OC[C@H](N(C)C)[C@@H]1O.